The summed E-state index contributed by atoms with van der Waals surface area (Å²) in [6.45, 7) is 1.26. The molecule has 1 heterocycles. The fourth-order valence-electron chi connectivity index (χ4n) is 0.963. The first-order chi connectivity index (χ1) is 3.30. The number of hydrogen-bond donors (Lipinski definition) is 1. The third kappa shape index (κ3) is 2.07. The summed E-state index contributed by atoms with van der Waals surface area (Å²) in [7, 11) is 2.14. The predicted octanol–water partition coefficient (Wildman–Crippen LogP) is -3.14. The second-order valence-electron chi connectivity index (χ2n) is 2.21. The summed E-state index contributed by atoms with van der Waals surface area (Å²) in [5.74, 6) is 0. The molecule has 0 spiro atoms. The minimum atomic E-state index is 0. The highest BCUT2D eigenvalue weighted by Crippen LogP contribution is 2.01. The maximum atomic E-state index is 5.83. The average Bonchev–Trinajstić information content (AvgIpc) is 1.91. The first kappa shape index (κ1) is 8.98. The topological polar surface area (TPSA) is 4.44 Å². The summed E-state index contributed by atoms with van der Waals surface area (Å²) >= 11 is 5.83. The maximum Gasteiger partial charge on any atom is 0.163 e. The van der Waals surface area contributed by atoms with Gasteiger partial charge in [-0.15, -0.1) is 0 Å². The molecule has 1 fully saturated rings. The Balaban J connectivity index is 0.000000490. The Morgan fingerprint density at radius 2 is 2.25 bits per heavy atom. The van der Waals surface area contributed by atoms with Gasteiger partial charge in [0.05, 0.1) is 13.6 Å². The van der Waals surface area contributed by atoms with Crippen LogP contribution < -0.4 is 28.9 Å². The number of rotatable bonds is 0. The van der Waals surface area contributed by atoms with Gasteiger partial charge in [-0.1, -0.05) is 11.6 Å². The van der Waals surface area contributed by atoms with E-state index in [1.54, 1.807) is 0 Å². The van der Waals surface area contributed by atoms with Crippen LogP contribution in [0.3, 0.4) is 0 Å². The number of likely N-dealkylation sites (tertiary alicyclic amines) is 1. The molecule has 8 heavy (non-hydrogen) atoms. The molecule has 1 saturated heterocycles. The van der Waals surface area contributed by atoms with E-state index in [0.29, 0.717) is 5.50 Å². The molecule has 0 aromatic carbocycles. The highest BCUT2D eigenvalue weighted by atomic mass is 127. The molecule has 0 aliphatic carbocycles. The zero-order valence-electron chi connectivity index (χ0n) is 4.95. The number of nitrogens with one attached hydrogen (secondary N) is 1. The van der Waals surface area contributed by atoms with Gasteiger partial charge < -0.3 is 28.9 Å². The smallest absolute Gasteiger partial charge is 0.163 e. The minimum Gasteiger partial charge on any atom is -1.00 e. The van der Waals surface area contributed by atoms with Crippen molar-refractivity contribution in [1.29, 1.82) is 0 Å². The van der Waals surface area contributed by atoms with E-state index >= 15 is 0 Å². The van der Waals surface area contributed by atoms with Gasteiger partial charge in [-0.25, -0.2) is 0 Å². The molecule has 3 heteroatoms. The van der Waals surface area contributed by atoms with Crippen LogP contribution in [0.15, 0.2) is 0 Å². The van der Waals surface area contributed by atoms with Gasteiger partial charge in [-0.3, -0.25) is 0 Å². The first-order valence-corrected chi connectivity index (χ1v) is 3.21. The summed E-state index contributed by atoms with van der Waals surface area (Å²) in [6, 6.07) is 0. The van der Waals surface area contributed by atoms with Crippen LogP contribution in [0.2, 0.25) is 0 Å². The van der Waals surface area contributed by atoms with Crippen molar-refractivity contribution in [1.82, 2.24) is 0 Å². The second-order valence-corrected chi connectivity index (χ2v) is 2.73. The van der Waals surface area contributed by atoms with Crippen molar-refractivity contribution in [3.63, 3.8) is 0 Å². The highest BCUT2D eigenvalue weighted by Gasteiger charge is 2.20. The Morgan fingerprint density at radius 1 is 1.62 bits per heavy atom. The molecule has 1 aliphatic rings. The molecule has 0 radical (unpaired) electrons. The van der Waals surface area contributed by atoms with Gasteiger partial charge in [0.2, 0.25) is 0 Å². The fourth-order valence-corrected chi connectivity index (χ4v) is 1.23. The lowest BCUT2D eigenvalue weighted by Gasteiger charge is -2.06. The van der Waals surface area contributed by atoms with Crippen molar-refractivity contribution in [2.24, 2.45) is 0 Å². The Bertz CT molecular complexity index is 61.4. The van der Waals surface area contributed by atoms with Crippen molar-refractivity contribution in [3.8, 4) is 0 Å². The molecule has 1 aliphatic heterocycles. The molecule has 0 amide bonds. The number of halogens is 2. The van der Waals surface area contributed by atoms with E-state index in [1.807, 2.05) is 0 Å². The number of quaternary nitrogens is 1. The van der Waals surface area contributed by atoms with Crippen LogP contribution in [0, 0.1) is 0 Å². The Hall–Kier alpha value is 0.980. The highest BCUT2D eigenvalue weighted by molar-refractivity contribution is 6.19. The number of alkyl halides is 1. The molecule has 0 aromatic heterocycles. The van der Waals surface area contributed by atoms with Gasteiger partial charge >= 0.3 is 0 Å². The normalized spacial score (nSPS) is 36.8. The van der Waals surface area contributed by atoms with E-state index in [2.05, 4.69) is 7.05 Å². The SMILES string of the molecule is C[NH+]1CCCC1Cl.[I-]. The van der Waals surface area contributed by atoms with Crippen LogP contribution in [0.5, 0.6) is 0 Å². The largest absolute Gasteiger partial charge is 1.00 e. The minimum absolute atomic E-state index is 0. The van der Waals surface area contributed by atoms with Crippen LogP contribution in [-0.2, 0) is 0 Å². The van der Waals surface area contributed by atoms with Crippen LogP contribution in [0.4, 0.5) is 0 Å². The monoisotopic (exact) mass is 247 g/mol. The molecular formula is C5H11ClIN. The van der Waals surface area contributed by atoms with E-state index in [9.17, 15) is 0 Å². The average molecular weight is 248 g/mol. The van der Waals surface area contributed by atoms with Crippen molar-refractivity contribution in [2.75, 3.05) is 13.6 Å². The van der Waals surface area contributed by atoms with Gasteiger partial charge in [0, 0.05) is 12.8 Å². The molecular weight excluding hydrogens is 236 g/mol. The summed E-state index contributed by atoms with van der Waals surface area (Å²) in [6.07, 6.45) is 2.51. The van der Waals surface area contributed by atoms with E-state index in [4.69, 9.17) is 11.6 Å². The van der Waals surface area contributed by atoms with Crippen molar-refractivity contribution < 1.29 is 28.9 Å². The molecule has 50 valence electrons. The Kier molecular flexibility index (Phi) is 4.38. The summed E-state index contributed by atoms with van der Waals surface area (Å²) in [5, 5.41) is 0. The lowest BCUT2D eigenvalue weighted by Crippen LogP contribution is -3.09. The van der Waals surface area contributed by atoms with Gasteiger partial charge in [0.15, 0.2) is 5.50 Å². The Morgan fingerprint density at radius 3 is 2.38 bits per heavy atom. The molecule has 2 atom stereocenters. The summed E-state index contributed by atoms with van der Waals surface area (Å²) in [4.78, 5) is 1.47. The van der Waals surface area contributed by atoms with E-state index < -0.39 is 0 Å². The van der Waals surface area contributed by atoms with Gasteiger partial charge in [0.1, 0.15) is 0 Å². The van der Waals surface area contributed by atoms with E-state index in [0.717, 1.165) is 0 Å². The van der Waals surface area contributed by atoms with E-state index in [1.165, 1.54) is 24.3 Å². The molecule has 1 N–H and O–H groups in total. The van der Waals surface area contributed by atoms with Crippen LogP contribution in [0.1, 0.15) is 12.8 Å². The summed E-state index contributed by atoms with van der Waals surface area (Å²) < 4.78 is 0. The van der Waals surface area contributed by atoms with Crippen molar-refractivity contribution >= 4 is 11.6 Å². The number of hydrogen-bond acceptors (Lipinski definition) is 0. The lowest BCUT2D eigenvalue weighted by molar-refractivity contribution is -0.878. The fraction of sp³-hybridized carbons (Fsp3) is 1.00. The third-order valence-corrected chi connectivity index (χ3v) is 2.15. The standard InChI is InChI=1S/C5H10ClN.HI/c1-7-4-2-3-5(7)6;/h5H,2-4H2,1H3;1H. The van der Waals surface area contributed by atoms with Gasteiger partial charge in [-0.05, 0) is 0 Å². The lowest BCUT2D eigenvalue weighted by atomic mass is 10.4. The zero-order chi connectivity index (χ0) is 5.28. The third-order valence-electron chi connectivity index (χ3n) is 1.56. The summed E-state index contributed by atoms with van der Waals surface area (Å²) in [5.41, 5.74) is 0.403. The van der Waals surface area contributed by atoms with Crippen molar-refractivity contribution in [3.05, 3.63) is 0 Å². The predicted molar refractivity (Wildman–Crippen MR) is 30.6 cm³/mol. The van der Waals surface area contributed by atoms with Crippen molar-refractivity contribution in [2.45, 2.75) is 18.3 Å². The molecule has 1 rings (SSSR count). The zero-order valence-corrected chi connectivity index (χ0v) is 7.87. The second kappa shape index (κ2) is 3.90. The molecule has 2 unspecified atom stereocenters. The Labute approximate surface area is 72.4 Å². The van der Waals surface area contributed by atoms with Crippen LogP contribution in [-0.4, -0.2) is 19.1 Å². The molecule has 0 aromatic rings. The van der Waals surface area contributed by atoms with Gasteiger partial charge in [0.25, 0.3) is 0 Å². The molecule has 1 nitrogen and oxygen atoms in total. The van der Waals surface area contributed by atoms with E-state index in [-0.39, 0.29) is 24.0 Å². The molecule has 0 bridgehead atoms. The van der Waals surface area contributed by atoms with Crippen LogP contribution in [0.25, 0.3) is 0 Å². The first-order valence-electron chi connectivity index (χ1n) is 2.77. The molecule has 0 saturated carbocycles. The van der Waals surface area contributed by atoms with Gasteiger partial charge in [-0.2, -0.15) is 0 Å². The maximum absolute atomic E-state index is 5.83. The van der Waals surface area contributed by atoms with Crippen LogP contribution >= 0.6 is 11.6 Å². The quantitative estimate of drug-likeness (QED) is 0.262.